The number of hydrogen-bond donors (Lipinski definition) is 2. The van der Waals surface area contributed by atoms with Gasteiger partial charge in [-0.05, 0) is 43.3 Å². The van der Waals surface area contributed by atoms with E-state index in [4.69, 9.17) is 18.9 Å². The minimum absolute atomic E-state index is 0.327. The van der Waals surface area contributed by atoms with E-state index in [1.54, 1.807) is 0 Å². The fraction of sp³-hybridized carbons (Fsp3) is 0.368. The van der Waals surface area contributed by atoms with Crippen molar-refractivity contribution < 1.29 is 29.6 Å². The quantitative estimate of drug-likeness (QED) is 0.761. The van der Waals surface area contributed by atoms with Gasteiger partial charge in [0.15, 0.2) is 23.0 Å². The van der Waals surface area contributed by atoms with Crippen LogP contribution in [0.15, 0.2) is 36.4 Å². The zero-order chi connectivity index (χ0) is 17.1. The Balaban J connectivity index is 1.21. The smallest absolute Gasteiger partial charge is 0.231 e. The summed E-state index contributed by atoms with van der Waals surface area (Å²) in [6.45, 7) is 5.85. The molecule has 0 aromatic heterocycles. The van der Waals surface area contributed by atoms with Crippen molar-refractivity contribution in [3.63, 3.8) is 0 Å². The third-order valence-electron chi connectivity index (χ3n) is 4.55. The van der Waals surface area contributed by atoms with Crippen molar-refractivity contribution in [1.29, 1.82) is 0 Å². The third-order valence-corrected chi connectivity index (χ3v) is 4.55. The molecule has 0 spiro atoms. The summed E-state index contributed by atoms with van der Waals surface area (Å²) in [5.41, 5.74) is 2.51. The van der Waals surface area contributed by atoms with Gasteiger partial charge in [0, 0.05) is 11.1 Å². The highest BCUT2D eigenvalue weighted by molar-refractivity contribution is 5.44. The Labute approximate surface area is 147 Å². The first-order chi connectivity index (χ1) is 12.3. The molecular weight excluding hydrogens is 320 g/mol. The maximum absolute atomic E-state index is 5.43. The normalized spacial score (nSPS) is 15.4. The molecule has 25 heavy (non-hydrogen) atoms. The minimum atomic E-state index is 0.327. The van der Waals surface area contributed by atoms with Crippen LogP contribution >= 0.6 is 0 Å². The van der Waals surface area contributed by atoms with E-state index in [9.17, 15) is 0 Å². The van der Waals surface area contributed by atoms with Gasteiger partial charge in [-0.1, -0.05) is 0 Å². The third kappa shape index (κ3) is 3.81. The van der Waals surface area contributed by atoms with Crippen molar-refractivity contribution in [2.75, 3.05) is 20.1 Å². The van der Waals surface area contributed by atoms with E-state index < -0.39 is 0 Å². The summed E-state index contributed by atoms with van der Waals surface area (Å²) in [4.78, 5) is 0. The first-order valence-corrected chi connectivity index (χ1v) is 8.70. The molecule has 132 valence electrons. The molecule has 2 aliphatic rings. The van der Waals surface area contributed by atoms with E-state index in [0.29, 0.717) is 19.6 Å². The molecule has 4 rings (SSSR count). The summed E-state index contributed by atoms with van der Waals surface area (Å²) >= 11 is 0. The van der Waals surface area contributed by atoms with Crippen LogP contribution in [-0.4, -0.2) is 26.2 Å². The summed E-state index contributed by atoms with van der Waals surface area (Å²) in [7, 11) is 0. The van der Waals surface area contributed by atoms with Gasteiger partial charge in [0.05, 0.1) is 0 Å². The molecule has 1 atom stereocenters. The van der Waals surface area contributed by atoms with Crippen molar-refractivity contribution in [3.8, 4) is 23.0 Å². The number of ether oxygens (including phenoxy) is 4. The number of rotatable bonds is 7. The fourth-order valence-electron chi connectivity index (χ4n) is 3.08. The van der Waals surface area contributed by atoms with Gasteiger partial charge in [-0.25, -0.2) is 0 Å². The van der Waals surface area contributed by atoms with Gasteiger partial charge in [-0.3, -0.25) is 0 Å². The van der Waals surface area contributed by atoms with E-state index in [0.717, 1.165) is 42.6 Å². The van der Waals surface area contributed by atoms with Crippen molar-refractivity contribution in [2.45, 2.75) is 26.1 Å². The lowest BCUT2D eigenvalue weighted by atomic mass is 10.2. The van der Waals surface area contributed by atoms with Crippen LogP contribution in [-0.2, 0) is 13.1 Å². The van der Waals surface area contributed by atoms with Crippen LogP contribution in [0, 0.1) is 0 Å². The molecule has 2 heterocycles. The van der Waals surface area contributed by atoms with Gasteiger partial charge in [-0.2, -0.15) is 0 Å². The first-order valence-electron chi connectivity index (χ1n) is 8.70. The molecule has 2 aromatic rings. The molecule has 0 saturated carbocycles. The van der Waals surface area contributed by atoms with Crippen molar-refractivity contribution >= 4 is 0 Å². The Morgan fingerprint density at radius 1 is 0.800 bits per heavy atom. The lowest BCUT2D eigenvalue weighted by Gasteiger charge is -2.10. The average Bonchev–Trinajstić information content (AvgIpc) is 3.28. The molecule has 2 aliphatic heterocycles. The number of hydrogen-bond acceptors (Lipinski definition) is 4. The van der Waals surface area contributed by atoms with E-state index >= 15 is 0 Å². The Hall–Kier alpha value is -2.44. The van der Waals surface area contributed by atoms with Crippen LogP contribution in [0.3, 0.4) is 0 Å². The average molecular weight is 344 g/mol. The summed E-state index contributed by atoms with van der Waals surface area (Å²) < 4.78 is 21.5. The maximum atomic E-state index is 5.43. The molecule has 0 bridgehead atoms. The number of fused-ring (bicyclic) bond motifs is 2. The second-order valence-electron chi connectivity index (χ2n) is 6.52. The molecule has 6 heteroatoms. The molecule has 0 radical (unpaired) electrons. The predicted octanol–water partition coefficient (Wildman–Crippen LogP) is 0.360. The van der Waals surface area contributed by atoms with Gasteiger partial charge < -0.3 is 29.6 Å². The molecular formula is C19H24N2O4+2. The van der Waals surface area contributed by atoms with Crippen LogP contribution in [0.1, 0.15) is 18.1 Å². The number of quaternary nitrogens is 2. The minimum Gasteiger partial charge on any atom is -0.454 e. The first kappa shape index (κ1) is 16.1. The lowest BCUT2D eigenvalue weighted by molar-refractivity contribution is -0.761. The zero-order valence-electron chi connectivity index (χ0n) is 14.4. The molecule has 4 N–H and O–H groups in total. The van der Waals surface area contributed by atoms with Crippen LogP contribution in [0.4, 0.5) is 0 Å². The largest absolute Gasteiger partial charge is 0.454 e. The summed E-state index contributed by atoms with van der Waals surface area (Å²) in [5, 5.41) is 4.69. The fourth-order valence-corrected chi connectivity index (χ4v) is 3.08. The van der Waals surface area contributed by atoms with Gasteiger partial charge >= 0.3 is 0 Å². The monoisotopic (exact) mass is 344 g/mol. The highest BCUT2D eigenvalue weighted by atomic mass is 16.7. The summed E-state index contributed by atoms with van der Waals surface area (Å²) in [6.07, 6.45) is 0. The van der Waals surface area contributed by atoms with Crippen LogP contribution in [0.2, 0.25) is 0 Å². The van der Waals surface area contributed by atoms with Crippen LogP contribution in [0.25, 0.3) is 0 Å². The van der Waals surface area contributed by atoms with Crippen molar-refractivity contribution in [3.05, 3.63) is 47.5 Å². The molecule has 0 fully saturated rings. The molecule has 2 aromatic carbocycles. The Bertz CT molecular complexity index is 750. The van der Waals surface area contributed by atoms with Crippen LogP contribution in [0.5, 0.6) is 23.0 Å². The van der Waals surface area contributed by atoms with E-state index in [-0.39, 0.29) is 0 Å². The topological polar surface area (TPSA) is 70.1 Å². The summed E-state index contributed by atoms with van der Waals surface area (Å²) in [5.74, 6) is 3.39. The van der Waals surface area contributed by atoms with E-state index in [1.165, 1.54) is 11.1 Å². The van der Waals surface area contributed by atoms with Gasteiger partial charge in [0.2, 0.25) is 13.6 Å². The molecule has 0 amide bonds. The zero-order valence-corrected chi connectivity index (χ0v) is 14.4. The Morgan fingerprint density at radius 2 is 1.36 bits per heavy atom. The molecule has 0 saturated heterocycles. The standard InChI is InChI=1S/C19H22N2O4/c1-13(21-10-15-3-5-17-19(7-15)25-12-23-17)8-20-9-14-2-4-16-18(6-14)24-11-22-16/h2-7,13,20-21H,8-12H2,1H3/p+2/t13-/m0/s1. The molecule has 6 nitrogen and oxygen atoms in total. The maximum Gasteiger partial charge on any atom is 0.231 e. The Kier molecular flexibility index (Phi) is 4.63. The van der Waals surface area contributed by atoms with E-state index in [2.05, 4.69) is 41.8 Å². The number of benzene rings is 2. The van der Waals surface area contributed by atoms with Gasteiger partial charge in [-0.15, -0.1) is 0 Å². The molecule has 0 unspecified atom stereocenters. The SMILES string of the molecule is C[C@@H](C[NH2+]Cc1ccc2c(c1)OCO2)[NH2+]Cc1ccc2c(c1)OCO2. The number of nitrogens with two attached hydrogens (primary N) is 2. The Morgan fingerprint density at radius 3 is 2.00 bits per heavy atom. The van der Waals surface area contributed by atoms with Crippen molar-refractivity contribution in [2.24, 2.45) is 0 Å². The van der Waals surface area contributed by atoms with Crippen LogP contribution < -0.4 is 29.6 Å². The predicted molar refractivity (Wildman–Crippen MR) is 90.7 cm³/mol. The van der Waals surface area contributed by atoms with Gasteiger partial charge in [0.25, 0.3) is 0 Å². The highest BCUT2D eigenvalue weighted by Crippen LogP contribution is 2.32. The van der Waals surface area contributed by atoms with E-state index in [1.807, 2.05) is 12.1 Å². The highest BCUT2D eigenvalue weighted by Gasteiger charge is 2.16. The second kappa shape index (κ2) is 7.21. The lowest BCUT2D eigenvalue weighted by Crippen LogP contribution is -2.97. The van der Waals surface area contributed by atoms with Crippen molar-refractivity contribution in [1.82, 2.24) is 0 Å². The second-order valence-corrected chi connectivity index (χ2v) is 6.52. The molecule has 0 aliphatic carbocycles. The van der Waals surface area contributed by atoms with Gasteiger partial charge in [0.1, 0.15) is 25.7 Å². The summed E-state index contributed by atoms with van der Waals surface area (Å²) in [6, 6.07) is 12.8.